The fourth-order valence-corrected chi connectivity index (χ4v) is 5.06. The maximum absolute atomic E-state index is 13.1. The second-order valence-electron chi connectivity index (χ2n) is 7.10. The number of nitrogens with zero attached hydrogens (tertiary/aromatic N) is 2. The van der Waals surface area contributed by atoms with E-state index >= 15 is 0 Å². The number of carbonyl (C=O) groups is 1. The number of piperidine rings is 1. The first kappa shape index (κ1) is 21.3. The smallest absolute Gasteiger partial charge is 0.243 e. The van der Waals surface area contributed by atoms with Crippen molar-refractivity contribution in [3.8, 4) is 5.75 Å². The third-order valence-electron chi connectivity index (χ3n) is 5.01. The van der Waals surface area contributed by atoms with Gasteiger partial charge in [0.15, 0.2) is 0 Å². The van der Waals surface area contributed by atoms with Crippen LogP contribution < -0.4 is 10.1 Å². The van der Waals surface area contributed by atoms with E-state index < -0.39 is 10.0 Å². The molecule has 0 saturated carbocycles. The molecule has 0 aliphatic carbocycles. The van der Waals surface area contributed by atoms with Gasteiger partial charge in [0.2, 0.25) is 15.9 Å². The van der Waals surface area contributed by atoms with E-state index in [2.05, 4.69) is 10.3 Å². The van der Waals surface area contributed by atoms with Gasteiger partial charge >= 0.3 is 0 Å². The van der Waals surface area contributed by atoms with Crippen LogP contribution in [-0.2, 0) is 21.4 Å². The molecule has 156 valence electrons. The zero-order valence-electron chi connectivity index (χ0n) is 16.8. The predicted octanol–water partition coefficient (Wildman–Crippen LogP) is 2.51. The Morgan fingerprint density at radius 2 is 2.14 bits per heavy atom. The highest BCUT2D eigenvalue weighted by Gasteiger charge is 2.33. The third-order valence-corrected chi connectivity index (χ3v) is 6.87. The molecular weight excluding hydrogens is 390 g/mol. The second kappa shape index (κ2) is 9.37. The van der Waals surface area contributed by atoms with Crippen molar-refractivity contribution in [2.75, 3.05) is 19.7 Å². The molecule has 2 aromatic rings. The third kappa shape index (κ3) is 5.13. The van der Waals surface area contributed by atoms with Crippen molar-refractivity contribution < 1.29 is 17.9 Å². The van der Waals surface area contributed by atoms with Crippen LogP contribution in [-0.4, -0.2) is 43.3 Å². The molecule has 1 saturated heterocycles. The lowest BCUT2D eigenvalue weighted by Gasteiger charge is -2.31. The molecule has 0 spiro atoms. The molecule has 1 aromatic carbocycles. The number of sulfonamides is 1. The fraction of sp³-hybridized carbons (Fsp3) is 0.429. The quantitative estimate of drug-likeness (QED) is 0.748. The second-order valence-corrected chi connectivity index (χ2v) is 9.04. The Hall–Kier alpha value is -2.45. The molecule has 0 unspecified atom stereocenters. The number of hydrogen-bond donors (Lipinski definition) is 1. The summed E-state index contributed by atoms with van der Waals surface area (Å²) in [5, 5.41) is 2.87. The molecule has 2 heterocycles. The van der Waals surface area contributed by atoms with Crippen molar-refractivity contribution in [2.45, 2.75) is 38.1 Å². The number of hydrogen-bond acceptors (Lipinski definition) is 5. The van der Waals surface area contributed by atoms with Crippen molar-refractivity contribution in [2.24, 2.45) is 5.92 Å². The summed E-state index contributed by atoms with van der Waals surface area (Å²) < 4.78 is 33.1. The van der Waals surface area contributed by atoms with Gasteiger partial charge in [0.05, 0.1) is 29.7 Å². The number of aryl methyl sites for hydroxylation is 1. The maximum atomic E-state index is 13.1. The number of nitrogens with one attached hydrogen (secondary N) is 1. The number of rotatable bonds is 7. The highest BCUT2D eigenvalue weighted by atomic mass is 32.2. The number of amides is 1. The molecule has 1 amide bonds. The molecule has 1 atom stereocenters. The normalized spacial score (nSPS) is 17.7. The minimum Gasteiger partial charge on any atom is -0.494 e. The van der Waals surface area contributed by atoms with Crippen LogP contribution in [0.4, 0.5) is 0 Å². The summed E-state index contributed by atoms with van der Waals surface area (Å²) in [5.74, 6) is 0.168. The Kier molecular flexibility index (Phi) is 6.87. The molecule has 3 rings (SSSR count). The van der Waals surface area contributed by atoms with Gasteiger partial charge in [-0.1, -0.05) is 6.07 Å². The summed E-state index contributed by atoms with van der Waals surface area (Å²) in [7, 11) is -3.66. The largest absolute Gasteiger partial charge is 0.494 e. The van der Waals surface area contributed by atoms with E-state index in [0.717, 1.165) is 11.3 Å². The first-order valence-corrected chi connectivity index (χ1v) is 11.3. The molecule has 1 aliphatic heterocycles. The summed E-state index contributed by atoms with van der Waals surface area (Å²) >= 11 is 0. The van der Waals surface area contributed by atoms with Gasteiger partial charge in [0.25, 0.3) is 0 Å². The van der Waals surface area contributed by atoms with Gasteiger partial charge in [-0.15, -0.1) is 0 Å². The number of carbonyl (C=O) groups excluding carboxylic acids is 1. The minimum atomic E-state index is -3.66. The van der Waals surface area contributed by atoms with Gasteiger partial charge in [0, 0.05) is 19.3 Å². The molecule has 7 nitrogen and oxygen atoms in total. The average molecular weight is 418 g/mol. The van der Waals surface area contributed by atoms with Gasteiger partial charge < -0.3 is 10.1 Å². The maximum Gasteiger partial charge on any atom is 0.243 e. The average Bonchev–Trinajstić information content (AvgIpc) is 2.74. The number of ether oxygens (including phenoxy) is 1. The van der Waals surface area contributed by atoms with Crippen LogP contribution in [0, 0.1) is 12.8 Å². The van der Waals surface area contributed by atoms with Gasteiger partial charge in [-0.3, -0.25) is 9.78 Å². The molecule has 1 fully saturated rings. The zero-order chi connectivity index (χ0) is 20.9. The molecule has 8 heteroatoms. The van der Waals surface area contributed by atoms with E-state index in [1.807, 2.05) is 32.0 Å². The van der Waals surface area contributed by atoms with E-state index in [4.69, 9.17) is 4.74 Å². The Bertz CT molecular complexity index is 948. The lowest BCUT2D eigenvalue weighted by Crippen LogP contribution is -2.45. The predicted molar refractivity (Wildman–Crippen MR) is 110 cm³/mol. The lowest BCUT2D eigenvalue weighted by atomic mass is 9.99. The van der Waals surface area contributed by atoms with Crippen LogP contribution in [0.1, 0.15) is 31.0 Å². The number of benzene rings is 1. The topological polar surface area (TPSA) is 88.6 Å². The Balaban J connectivity index is 1.67. The Morgan fingerprint density at radius 3 is 2.83 bits per heavy atom. The van der Waals surface area contributed by atoms with E-state index in [0.29, 0.717) is 38.3 Å². The number of aromatic nitrogens is 1. The molecule has 0 bridgehead atoms. The van der Waals surface area contributed by atoms with E-state index in [1.54, 1.807) is 24.4 Å². The van der Waals surface area contributed by atoms with E-state index in [1.165, 1.54) is 4.31 Å². The van der Waals surface area contributed by atoms with Gasteiger partial charge in [-0.2, -0.15) is 4.31 Å². The van der Waals surface area contributed by atoms with Gasteiger partial charge in [-0.05, 0) is 62.6 Å². The summed E-state index contributed by atoms with van der Waals surface area (Å²) in [6, 6.07) is 10.4. The molecule has 1 aromatic heterocycles. The minimum absolute atomic E-state index is 0.140. The van der Waals surface area contributed by atoms with Gasteiger partial charge in [0.1, 0.15) is 5.75 Å². The highest BCUT2D eigenvalue weighted by Crippen LogP contribution is 2.27. The molecule has 0 radical (unpaired) electrons. The Labute approximate surface area is 172 Å². The Morgan fingerprint density at radius 1 is 1.31 bits per heavy atom. The zero-order valence-corrected chi connectivity index (χ0v) is 17.6. The summed E-state index contributed by atoms with van der Waals surface area (Å²) in [5.41, 5.74) is 1.54. The van der Waals surface area contributed by atoms with Crippen molar-refractivity contribution in [1.82, 2.24) is 14.6 Å². The summed E-state index contributed by atoms with van der Waals surface area (Å²) in [4.78, 5) is 17.0. The van der Waals surface area contributed by atoms with Crippen molar-refractivity contribution in [3.05, 3.63) is 53.9 Å². The molecule has 1 N–H and O–H groups in total. The van der Waals surface area contributed by atoms with Crippen LogP contribution in [0.25, 0.3) is 0 Å². The molecular formula is C21H27N3O4S. The van der Waals surface area contributed by atoms with Crippen LogP contribution in [0.15, 0.2) is 47.5 Å². The monoisotopic (exact) mass is 417 g/mol. The van der Waals surface area contributed by atoms with Crippen molar-refractivity contribution >= 4 is 15.9 Å². The SMILES string of the molecule is CCOc1ccc(S(=O)(=O)N2CCC[C@@H](C(=O)NCc3ccccn3)C2)cc1C. The van der Waals surface area contributed by atoms with E-state index in [9.17, 15) is 13.2 Å². The lowest BCUT2D eigenvalue weighted by molar-refractivity contribution is -0.126. The number of pyridine rings is 1. The van der Waals surface area contributed by atoms with Gasteiger partial charge in [-0.25, -0.2) is 8.42 Å². The van der Waals surface area contributed by atoms with E-state index in [-0.39, 0.29) is 23.3 Å². The van der Waals surface area contributed by atoms with Crippen LogP contribution in [0.5, 0.6) is 5.75 Å². The highest BCUT2D eigenvalue weighted by molar-refractivity contribution is 7.89. The molecule has 1 aliphatic rings. The standard InChI is InChI=1S/C21H27N3O4S/c1-3-28-20-10-9-19(13-16(20)2)29(26,27)24-12-6-7-17(15-24)21(25)23-14-18-8-4-5-11-22-18/h4-5,8-11,13,17H,3,6-7,12,14-15H2,1-2H3,(H,23,25)/t17-/m1/s1. The summed E-state index contributed by atoms with van der Waals surface area (Å²) in [6.07, 6.45) is 2.99. The summed E-state index contributed by atoms with van der Waals surface area (Å²) in [6.45, 7) is 5.17. The first-order chi connectivity index (χ1) is 13.9. The molecule has 29 heavy (non-hydrogen) atoms. The van der Waals surface area contributed by atoms with Crippen LogP contribution >= 0.6 is 0 Å². The van der Waals surface area contributed by atoms with Crippen LogP contribution in [0.2, 0.25) is 0 Å². The first-order valence-electron chi connectivity index (χ1n) is 9.83. The van der Waals surface area contributed by atoms with Crippen molar-refractivity contribution in [3.63, 3.8) is 0 Å². The van der Waals surface area contributed by atoms with Crippen molar-refractivity contribution in [1.29, 1.82) is 0 Å². The van der Waals surface area contributed by atoms with Crippen LogP contribution in [0.3, 0.4) is 0 Å². The fourth-order valence-electron chi connectivity index (χ4n) is 3.45.